The third-order valence-corrected chi connectivity index (χ3v) is 6.30. The largest absolute Gasteiger partial charge is 0.465 e. The Balaban J connectivity index is 1.36. The van der Waals surface area contributed by atoms with Crippen molar-refractivity contribution in [3.8, 4) is 0 Å². The Morgan fingerprint density at radius 3 is 2.93 bits per heavy atom. The van der Waals surface area contributed by atoms with Crippen molar-refractivity contribution in [2.45, 2.75) is 62.9 Å². The van der Waals surface area contributed by atoms with Gasteiger partial charge in [-0.15, -0.1) is 11.3 Å². The highest BCUT2D eigenvalue weighted by Gasteiger charge is 2.50. The molecule has 2 amide bonds. The fourth-order valence-electron chi connectivity index (χ4n) is 4.01. The van der Waals surface area contributed by atoms with Crippen molar-refractivity contribution < 1.29 is 14.7 Å². The highest BCUT2D eigenvalue weighted by Crippen LogP contribution is 2.47. The molecule has 8 nitrogen and oxygen atoms in total. The number of nitrogens with one attached hydrogen (secondary N) is 2. The molecule has 9 heteroatoms. The van der Waals surface area contributed by atoms with E-state index in [1.165, 1.54) is 11.3 Å². The summed E-state index contributed by atoms with van der Waals surface area (Å²) < 4.78 is 0. The summed E-state index contributed by atoms with van der Waals surface area (Å²) in [5.41, 5.74) is 3.21. The number of aromatic amines is 1. The van der Waals surface area contributed by atoms with Crippen molar-refractivity contribution in [3.63, 3.8) is 0 Å². The minimum atomic E-state index is -0.819. The van der Waals surface area contributed by atoms with Gasteiger partial charge in [-0.05, 0) is 39.0 Å². The summed E-state index contributed by atoms with van der Waals surface area (Å²) in [7, 11) is 0. The smallest absolute Gasteiger partial charge is 0.408 e. The molecule has 0 saturated heterocycles. The van der Waals surface area contributed by atoms with Gasteiger partial charge < -0.3 is 10.4 Å². The lowest BCUT2D eigenvalue weighted by Crippen LogP contribution is -2.45. The van der Waals surface area contributed by atoms with E-state index in [1.54, 1.807) is 10.4 Å². The van der Waals surface area contributed by atoms with Crippen LogP contribution in [0.15, 0.2) is 17.0 Å². The van der Waals surface area contributed by atoms with Crippen LogP contribution in [0.4, 0.5) is 10.6 Å². The molecule has 0 bridgehead atoms. The Kier molecular flexibility index (Phi) is 4.63. The third kappa shape index (κ3) is 3.83. The predicted molar refractivity (Wildman–Crippen MR) is 101 cm³/mol. The van der Waals surface area contributed by atoms with Gasteiger partial charge in [-0.2, -0.15) is 5.10 Å². The number of H-pyrrole nitrogens is 1. The lowest BCUT2D eigenvalue weighted by atomic mass is 10.0. The number of carboxylic acid groups (broad SMARTS) is 1. The number of rotatable bonds is 6. The SMILES string of the molecule is CC1(N(C(=O)O)[C@@H]2CC[C@H](c3cc(NC(=O)Cc4cscn4)n[nH]3)C2)CC1. The monoisotopic (exact) mass is 389 g/mol. The van der Waals surface area contributed by atoms with Crippen molar-refractivity contribution in [3.05, 3.63) is 28.3 Å². The van der Waals surface area contributed by atoms with Crippen LogP contribution in [0.5, 0.6) is 0 Å². The molecule has 2 fully saturated rings. The second kappa shape index (κ2) is 6.95. The van der Waals surface area contributed by atoms with Gasteiger partial charge >= 0.3 is 6.09 Å². The van der Waals surface area contributed by atoms with Gasteiger partial charge in [0.05, 0.1) is 17.6 Å². The Labute approximate surface area is 161 Å². The first-order chi connectivity index (χ1) is 12.9. The van der Waals surface area contributed by atoms with Crippen LogP contribution < -0.4 is 5.32 Å². The lowest BCUT2D eigenvalue weighted by molar-refractivity contribution is -0.115. The summed E-state index contributed by atoms with van der Waals surface area (Å²) in [6, 6.07) is 1.90. The van der Waals surface area contributed by atoms with Gasteiger partial charge in [0.15, 0.2) is 5.82 Å². The highest BCUT2D eigenvalue weighted by atomic mass is 32.1. The zero-order valence-corrected chi connectivity index (χ0v) is 16.0. The number of carbonyl (C=O) groups is 2. The van der Waals surface area contributed by atoms with Crippen LogP contribution in [-0.4, -0.2) is 48.8 Å². The first kappa shape index (κ1) is 18.0. The van der Waals surface area contributed by atoms with Crippen molar-refractivity contribution in [1.82, 2.24) is 20.1 Å². The van der Waals surface area contributed by atoms with Crippen molar-refractivity contribution in [2.75, 3.05) is 5.32 Å². The maximum atomic E-state index is 12.1. The summed E-state index contributed by atoms with van der Waals surface area (Å²) in [6.07, 6.45) is 3.86. The average molecular weight is 389 g/mol. The molecule has 144 valence electrons. The standard InChI is InChI=1S/C18H23N5O3S/c1-18(4-5-18)23(17(25)26)13-3-2-11(6-13)14-8-15(22-21-14)20-16(24)7-12-9-27-10-19-12/h8-11,13H,2-7H2,1H3,(H,25,26)(H2,20,21,22,24)/t11-,13+/m0/s1. The summed E-state index contributed by atoms with van der Waals surface area (Å²) >= 11 is 1.46. The van der Waals surface area contributed by atoms with E-state index in [2.05, 4.69) is 20.5 Å². The fraction of sp³-hybridized carbons (Fsp3) is 0.556. The van der Waals surface area contributed by atoms with E-state index < -0.39 is 6.09 Å². The minimum Gasteiger partial charge on any atom is -0.465 e. The van der Waals surface area contributed by atoms with E-state index in [0.717, 1.165) is 43.5 Å². The zero-order valence-electron chi connectivity index (χ0n) is 15.1. The molecular formula is C18H23N5O3S. The molecule has 0 aromatic carbocycles. The Morgan fingerprint density at radius 1 is 1.44 bits per heavy atom. The maximum Gasteiger partial charge on any atom is 0.408 e. The number of nitrogens with zero attached hydrogens (tertiary/aromatic N) is 3. The predicted octanol–water partition coefficient (Wildman–Crippen LogP) is 3.22. The van der Waals surface area contributed by atoms with Crippen LogP contribution in [0.25, 0.3) is 0 Å². The number of amides is 2. The number of carbonyl (C=O) groups excluding carboxylic acids is 1. The summed E-state index contributed by atoms with van der Waals surface area (Å²) in [6.45, 7) is 2.03. The van der Waals surface area contributed by atoms with E-state index >= 15 is 0 Å². The van der Waals surface area contributed by atoms with Gasteiger partial charge in [0.25, 0.3) is 0 Å². The average Bonchev–Trinajstić information content (AvgIpc) is 3.09. The van der Waals surface area contributed by atoms with Crippen LogP contribution in [-0.2, 0) is 11.2 Å². The van der Waals surface area contributed by atoms with E-state index in [0.29, 0.717) is 5.82 Å². The molecule has 2 aliphatic rings. The minimum absolute atomic E-state index is 0.0472. The zero-order chi connectivity index (χ0) is 19.0. The molecular weight excluding hydrogens is 366 g/mol. The van der Waals surface area contributed by atoms with Gasteiger partial charge in [0.1, 0.15) is 0 Å². The van der Waals surface area contributed by atoms with Gasteiger partial charge in [-0.1, -0.05) is 0 Å². The molecule has 0 radical (unpaired) electrons. The molecule has 2 aromatic rings. The quantitative estimate of drug-likeness (QED) is 0.702. The van der Waals surface area contributed by atoms with Crippen LogP contribution in [0.2, 0.25) is 0 Å². The normalized spacial score (nSPS) is 23.1. The number of hydrogen-bond donors (Lipinski definition) is 3. The second-order valence-electron chi connectivity index (χ2n) is 7.73. The lowest BCUT2D eigenvalue weighted by Gasteiger charge is -2.32. The molecule has 3 N–H and O–H groups in total. The Morgan fingerprint density at radius 2 is 2.26 bits per heavy atom. The molecule has 0 spiro atoms. The molecule has 2 saturated carbocycles. The van der Waals surface area contributed by atoms with Gasteiger partial charge in [-0.3, -0.25) is 14.8 Å². The summed E-state index contributed by atoms with van der Waals surface area (Å²) in [5, 5.41) is 21.5. The van der Waals surface area contributed by atoms with Crippen LogP contribution >= 0.6 is 11.3 Å². The number of aromatic nitrogens is 3. The molecule has 4 rings (SSSR count). The first-order valence-corrected chi connectivity index (χ1v) is 10.1. The molecule has 0 unspecified atom stereocenters. The van der Waals surface area contributed by atoms with Crippen LogP contribution in [0.3, 0.4) is 0 Å². The maximum absolute atomic E-state index is 12.1. The Bertz CT molecular complexity index is 830. The van der Waals surface area contributed by atoms with E-state index in [-0.39, 0.29) is 29.8 Å². The fourth-order valence-corrected chi connectivity index (χ4v) is 4.57. The first-order valence-electron chi connectivity index (χ1n) is 9.19. The van der Waals surface area contributed by atoms with E-state index in [4.69, 9.17) is 0 Å². The summed E-state index contributed by atoms with van der Waals surface area (Å²) in [5.74, 6) is 0.579. The molecule has 2 aliphatic carbocycles. The number of anilines is 1. The van der Waals surface area contributed by atoms with Crippen molar-refractivity contribution in [1.29, 1.82) is 0 Å². The topological polar surface area (TPSA) is 111 Å². The Hall–Kier alpha value is -2.42. The third-order valence-electron chi connectivity index (χ3n) is 5.66. The van der Waals surface area contributed by atoms with Gasteiger partial charge in [0.2, 0.25) is 5.91 Å². The van der Waals surface area contributed by atoms with Crippen LogP contribution in [0.1, 0.15) is 56.3 Å². The summed E-state index contributed by atoms with van der Waals surface area (Å²) in [4.78, 5) is 29.6. The van der Waals surface area contributed by atoms with Gasteiger partial charge in [0, 0.05) is 34.6 Å². The van der Waals surface area contributed by atoms with Gasteiger partial charge in [-0.25, -0.2) is 9.78 Å². The van der Waals surface area contributed by atoms with Crippen molar-refractivity contribution in [2.24, 2.45) is 0 Å². The molecule has 2 atom stereocenters. The van der Waals surface area contributed by atoms with Crippen LogP contribution in [0, 0.1) is 0 Å². The molecule has 2 aromatic heterocycles. The second-order valence-corrected chi connectivity index (χ2v) is 8.45. The molecule has 0 aliphatic heterocycles. The molecule has 27 heavy (non-hydrogen) atoms. The number of thiazole rings is 1. The molecule has 2 heterocycles. The highest BCUT2D eigenvalue weighted by molar-refractivity contribution is 7.07. The number of hydrogen-bond acceptors (Lipinski definition) is 5. The van der Waals surface area contributed by atoms with E-state index in [1.807, 2.05) is 18.4 Å². The van der Waals surface area contributed by atoms with Crippen molar-refractivity contribution >= 4 is 29.2 Å². The van der Waals surface area contributed by atoms with E-state index in [9.17, 15) is 14.7 Å².